The van der Waals surface area contributed by atoms with Crippen molar-refractivity contribution in [3.63, 3.8) is 0 Å². The van der Waals surface area contributed by atoms with Gasteiger partial charge in [-0.15, -0.1) is 0 Å². The average Bonchev–Trinajstić information content (AvgIpc) is 3.02. The van der Waals surface area contributed by atoms with Gasteiger partial charge in [-0.1, -0.05) is 39.7 Å². The van der Waals surface area contributed by atoms with Crippen LogP contribution in [0, 0.1) is 5.92 Å². The molecule has 1 saturated carbocycles. The van der Waals surface area contributed by atoms with Gasteiger partial charge in [0, 0.05) is 16.1 Å². The molecule has 0 radical (unpaired) electrons. The number of fused-ring (bicyclic) bond motifs is 1. The molecule has 1 amide bonds. The second-order valence-electron chi connectivity index (χ2n) is 7.99. The van der Waals surface area contributed by atoms with Crippen molar-refractivity contribution < 1.29 is 9.53 Å². The lowest BCUT2D eigenvalue weighted by atomic mass is 10.1. The zero-order chi connectivity index (χ0) is 18.6. The van der Waals surface area contributed by atoms with Crippen LogP contribution in [0.3, 0.4) is 0 Å². The molecule has 0 bridgehead atoms. The first-order chi connectivity index (χ1) is 12.2. The lowest BCUT2D eigenvalue weighted by molar-refractivity contribution is 0.0175. The van der Waals surface area contributed by atoms with Gasteiger partial charge >= 0.3 is 6.09 Å². The van der Waals surface area contributed by atoms with Crippen molar-refractivity contribution in [3.8, 4) is 11.3 Å². The topological polar surface area (TPSA) is 58.2 Å². The van der Waals surface area contributed by atoms with Crippen molar-refractivity contribution >= 4 is 33.6 Å². The number of rotatable bonds is 2. The van der Waals surface area contributed by atoms with Gasteiger partial charge in [0.2, 0.25) is 0 Å². The number of piperidine rings is 1. The molecule has 2 aromatic rings. The van der Waals surface area contributed by atoms with Gasteiger partial charge in [-0.2, -0.15) is 0 Å². The molecular weight excluding hydrogens is 418 g/mol. The highest BCUT2D eigenvalue weighted by molar-refractivity contribution is 9.10. The maximum absolute atomic E-state index is 12.7. The third kappa shape index (κ3) is 3.37. The fraction of sp³-hybridized carbons (Fsp3) is 0.474. The van der Waals surface area contributed by atoms with E-state index in [1.807, 2.05) is 49.9 Å². The fourth-order valence-corrected chi connectivity index (χ4v) is 4.12. The lowest BCUT2D eigenvalue weighted by Crippen LogP contribution is -2.38. The van der Waals surface area contributed by atoms with E-state index in [0.717, 1.165) is 28.7 Å². The molecule has 1 saturated heterocycles. The Morgan fingerprint density at radius 1 is 1.31 bits per heavy atom. The van der Waals surface area contributed by atoms with E-state index in [2.05, 4.69) is 20.9 Å². The fourth-order valence-electron chi connectivity index (χ4n) is 3.60. The number of carbonyl (C=O) groups is 1. The maximum Gasteiger partial charge on any atom is 0.411 e. The first kappa shape index (κ1) is 17.9. The first-order valence-electron chi connectivity index (χ1n) is 8.75. The SMILES string of the molecule is CC(C)(C)OC(=O)N1[C@@H]2C[C@@H]2C[C@H]1c1nc(-c2ccc(Br)cc2)c(Cl)[nH]1. The standard InChI is InChI=1S/C19H21BrClN3O2/c1-19(2,3)26-18(25)24-13-8-11(13)9-14(24)17-22-15(16(21)23-17)10-4-6-12(20)7-5-10/h4-7,11,13-14H,8-9H2,1-3H3,(H,22,23)/t11-,13-,14+/m1/s1. The number of amides is 1. The molecule has 3 atom stereocenters. The summed E-state index contributed by atoms with van der Waals surface area (Å²) in [6.07, 6.45) is 1.67. The van der Waals surface area contributed by atoms with Gasteiger partial charge in [0.05, 0.1) is 6.04 Å². The highest BCUT2D eigenvalue weighted by atomic mass is 79.9. The highest BCUT2D eigenvalue weighted by Gasteiger charge is 2.56. The Bertz CT molecular complexity index is 843. The highest BCUT2D eigenvalue weighted by Crippen LogP contribution is 2.53. The maximum atomic E-state index is 12.7. The number of likely N-dealkylation sites (tertiary alicyclic amines) is 1. The predicted molar refractivity (Wildman–Crippen MR) is 104 cm³/mol. The Morgan fingerprint density at radius 2 is 2.00 bits per heavy atom. The monoisotopic (exact) mass is 437 g/mol. The molecule has 4 rings (SSSR count). The molecule has 1 aromatic heterocycles. The van der Waals surface area contributed by atoms with Crippen LogP contribution in [0.25, 0.3) is 11.3 Å². The lowest BCUT2D eigenvalue weighted by Gasteiger charge is -2.29. The molecule has 0 unspecified atom stereocenters. The van der Waals surface area contributed by atoms with E-state index in [-0.39, 0.29) is 18.2 Å². The Kier molecular flexibility index (Phi) is 4.31. The summed E-state index contributed by atoms with van der Waals surface area (Å²) in [5, 5.41) is 0.493. The minimum atomic E-state index is -0.516. The van der Waals surface area contributed by atoms with E-state index < -0.39 is 5.60 Å². The second-order valence-corrected chi connectivity index (χ2v) is 9.29. The van der Waals surface area contributed by atoms with E-state index in [1.54, 1.807) is 0 Å². The van der Waals surface area contributed by atoms with Crippen molar-refractivity contribution in [2.45, 2.75) is 51.3 Å². The molecule has 2 aliphatic rings. The van der Waals surface area contributed by atoms with Gasteiger partial charge in [-0.25, -0.2) is 9.78 Å². The van der Waals surface area contributed by atoms with E-state index >= 15 is 0 Å². The molecule has 2 fully saturated rings. The summed E-state index contributed by atoms with van der Waals surface area (Å²) in [5.41, 5.74) is 1.13. The van der Waals surface area contributed by atoms with Crippen LogP contribution in [0.15, 0.2) is 28.7 Å². The average molecular weight is 439 g/mol. The molecule has 1 aromatic carbocycles. The Hall–Kier alpha value is -1.53. The molecule has 5 nitrogen and oxygen atoms in total. The van der Waals surface area contributed by atoms with Gasteiger partial charge < -0.3 is 9.72 Å². The smallest absolute Gasteiger partial charge is 0.411 e. The summed E-state index contributed by atoms with van der Waals surface area (Å²) in [6.45, 7) is 5.65. The number of benzene rings is 1. The second kappa shape index (κ2) is 6.27. The van der Waals surface area contributed by atoms with Crippen molar-refractivity contribution in [2.75, 3.05) is 0 Å². The number of H-pyrrole nitrogens is 1. The summed E-state index contributed by atoms with van der Waals surface area (Å²) in [5.74, 6) is 1.26. The van der Waals surface area contributed by atoms with Crippen LogP contribution in [-0.4, -0.2) is 32.6 Å². The van der Waals surface area contributed by atoms with Crippen LogP contribution < -0.4 is 0 Å². The molecule has 2 heterocycles. The summed E-state index contributed by atoms with van der Waals surface area (Å²) in [7, 11) is 0. The molecule has 138 valence electrons. The van der Waals surface area contributed by atoms with E-state index in [9.17, 15) is 4.79 Å². The number of carbonyl (C=O) groups excluding carboxylic acids is 1. The van der Waals surface area contributed by atoms with Crippen molar-refractivity contribution in [2.24, 2.45) is 5.92 Å². The van der Waals surface area contributed by atoms with Crippen LogP contribution in [0.1, 0.15) is 45.5 Å². The normalized spacial score (nSPS) is 24.5. The van der Waals surface area contributed by atoms with Crippen molar-refractivity contribution in [3.05, 3.63) is 39.7 Å². The van der Waals surface area contributed by atoms with Gasteiger partial charge in [0.1, 0.15) is 22.3 Å². The number of nitrogens with one attached hydrogen (secondary N) is 1. The van der Waals surface area contributed by atoms with Gasteiger partial charge in [0.15, 0.2) is 0 Å². The summed E-state index contributed by atoms with van der Waals surface area (Å²) in [4.78, 5) is 22.5. The molecule has 7 heteroatoms. The molecule has 1 aliphatic carbocycles. The van der Waals surface area contributed by atoms with E-state index in [4.69, 9.17) is 21.3 Å². The van der Waals surface area contributed by atoms with Crippen LogP contribution in [-0.2, 0) is 4.74 Å². The number of halogens is 2. The van der Waals surface area contributed by atoms with Crippen LogP contribution in [0.2, 0.25) is 5.15 Å². The number of aromatic amines is 1. The molecular formula is C19H21BrClN3O2. The van der Waals surface area contributed by atoms with Gasteiger partial charge in [-0.3, -0.25) is 4.90 Å². The summed E-state index contributed by atoms with van der Waals surface area (Å²) < 4.78 is 6.61. The third-order valence-corrected chi connectivity index (χ3v) is 5.62. The third-order valence-electron chi connectivity index (χ3n) is 4.82. The zero-order valence-electron chi connectivity index (χ0n) is 14.9. The van der Waals surface area contributed by atoms with Crippen molar-refractivity contribution in [1.82, 2.24) is 14.9 Å². The zero-order valence-corrected chi connectivity index (χ0v) is 17.3. The number of hydrogen-bond donors (Lipinski definition) is 1. The van der Waals surface area contributed by atoms with Crippen molar-refractivity contribution in [1.29, 1.82) is 0 Å². The predicted octanol–water partition coefficient (Wildman–Crippen LogP) is 5.56. The largest absolute Gasteiger partial charge is 0.444 e. The number of hydrogen-bond acceptors (Lipinski definition) is 3. The Morgan fingerprint density at radius 3 is 2.65 bits per heavy atom. The number of aromatic nitrogens is 2. The molecule has 0 spiro atoms. The first-order valence-corrected chi connectivity index (χ1v) is 9.92. The summed E-state index contributed by atoms with van der Waals surface area (Å²) >= 11 is 9.85. The molecule has 1 N–H and O–H groups in total. The molecule has 26 heavy (non-hydrogen) atoms. The minimum Gasteiger partial charge on any atom is -0.444 e. The molecule has 1 aliphatic heterocycles. The minimum absolute atomic E-state index is 0.115. The van der Waals surface area contributed by atoms with Crippen LogP contribution >= 0.6 is 27.5 Å². The van der Waals surface area contributed by atoms with E-state index in [0.29, 0.717) is 16.8 Å². The van der Waals surface area contributed by atoms with Gasteiger partial charge in [-0.05, 0) is 51.7 Å². The number of imidazole rings is 1. The van der Waals surface area contributed by atoms with Crippen LogP contribution in [0.4, 0.5) is 4.79 Å². The van der Waals surface area contributed by atoms with E-state index in [1.165, 1.54) is 0 Å². The number of ether oxygens (including phenoxy) is 1. The Labute approximate surface area is 166 Å². The summed E-state index contributed by atoms with van der Waals surface area (Å²) in [6, 6.07) is 7.99. The number of nitrogens with zero attached hydrogens (tertiary/aromatic N) is 2. The Balaban J connectivity index is 1.62. The van der Waals surface area contributed by atoms with Crippen LogP contribution in [0.5, 0.6) is 0 Å². The quantitative estimate of drug-likeness (QED) is 0.667. The van der Waals surface area contributed by atoms with Gasteiger partial charge in [0.25, 0.3) is 0 Å².